The minimum Gasteiger partial charge on any atom is -0.0651 e. The van der Waals surface area contributed by atoms with E-state index in [4.69, 9.17) is 0 Å². The molecular weight excluding hydrogens is 192 g/mol. The van der Waals surface area contributed by atoms with Crippen LogP contribution in [-0.4, -0.2) is 0 Å². The molecule has 3 atom stereocenters. The summed E-state index contributed by atoms with van der Waals surface area (Å²) in [4.78, 5) is 0. The summed E-state index contributed by atoms with van der Waals surface area (Å²) in [7, 11) is 0. The third-order valence-corrected chi connectivity index (χ3v) is 4.34. The minimum absolute atomic E-state index is 0.854. The molecule has 98 valence electrons. The van der Waals surface area contributed by atoms with E-state index in [0.717, 1.165) is 23.7 Å². The van der Waals surface area contributed by atoms with E-state index < -0.39 is 0 Å². The van der Waals surface area contributed by atoms with Crippen molar-refractivity contribution in [3.63, 3.8) is 0 Å². The van der Waals surface area contributed by atoms with Gasteiger partial charge >= 0.3 is 0 Å². The highest BCUT2D eigenvalue weighted by Crippen LogP contribution is 2.23. The first-order chi connectivity index (χ1) is 7.47. The fourth-order valence-corrected chi connectivity index (χ4v) is 2.04. The van der Waals surface area contributed by atoms with Crippen LogP contribution >= 0.6 is 0 Å². The molecule has 0 nitrogen and oxygen atoms in total. The van der Waals surface area contributed by atoms with E-state index in [9.17, 15) is 0 Å². The first-order valence-corrected chi connectivity index (χ1v) is 7.47. The molecule has 0 aliphatic carbocycles. The van der Waals surface area contributed by atoms with Gasteiger partial charge in [0.15, 0.2) is 0 Å². The number of hydrogen-bond acceptors (Lipinski definition) is 0. The van der Waals surface area contributed by atoms with Crippen LogP contribution in [0.1, 0.15) is 80.1 Å². The summed E-state index contributed by atoms with van der Waals surface area (Å²) in [5.74, 6) is 3.62. The van der Waals surface area contributed by atoms with E-state index >= 15 is 0 Å². The molecule has 0 aromatic carbocycles. The summed E-state index contributed by atoms with van der Waals surface area (Å²) in [5, 5.41) is 0. The molecule has 16 heavy (non-hydrogen) atoms. The molecule has 0 aromatic rings. The lowest BCUT2D eigenvalue weighted by atomic mass is 9.88. The predicted octanol–water partition coefficient (Wildman–Crippen LogP) is 5.91. The molecule has 3 unspecified atom stereocenters. The monoisotopic (exact) mass is 226 g/mol. The largest absolute Gasteiger partial charge is 0.0651 e. The highest BCUT2D eigenvalue weighted by molar-refractivity contribution is 4.62. The van der Waals surface area contributed by atoms with Crippen molar-refractivity contribution in [2.75, 3.05) is 0 Å². The zero-order valence-electron chi connectivity index (χ0n) is 12.6. The second-order valence-corrected chi connectivity index (χ2v) is 6.35. The molecule has 0 aliphatic rings. The summed E-state index contributed by atoms with van der Waals surface area (Å²) >= 11 is 0. The van der Waals surface area contributed by atoms with Crippen LogP contribution in [0.15, 0.2) is 0 Å². The highest BCUT2D eigenvalue weighted by atomic mass is 14.2. The van der Waals surface area contributed by atoms with E-state index in [0.29, 0.717) is 0 Å². The fraction of sp³-hybridized carbons (Fsp3) is 1.00. The van der Waals surface area contributed by atoms with E-state index in [-0.39, 0.29) is 0 Å². The van der Waals surface area contributed by atoms with E-state index in [1.54, 1.807) is 0 Å². The maximum atomic E-state index is 2.43. The quantitative estimate of drug-likeness (QED) is 0.458. The van der Waals surface area contributed by atoms with Gasteiger partial charge < -0.3 is 0 Å². The molecule has 0 N–H and O–H groups in total. The SMILES string of the molecule is CCC(C)CCCC(C)CCC(C)C(C)C. The lowest BCUT2D eigenvalue weighted by Crippen LogP contribution is -2.06. The Bertz CT molecular complexity index is 148. The first kappa shape index (κ1) is 16.0. The lowest BCUT2D eigenvalue weighted by Gasteiger charge is -2.18. The molecule has 0 aliphatic heterocycles. The van der Waals surface area contributed by atoms with E-state index in [1.165, 1.54) is 38.5 Å². The smallest absolute Gasteiger partial charge is 0.0420 e. The molecule has 0 heterocycles. The summed E-state index contributed by atoms with van der Waals surface area (Å²) in [6.45, 7) is 14.2. The van der Waals surface area contributed by atoms with Gasteiger partial charge in [0.2, 0.25) is 0 Å². The van der Waals surface area contributed by atoms with Crippen molar-refractivity contribution < 1.29 is 0 Å². The Morgan fingerprint density at radius 3 is 1.75 bits per heavy atom. The van der Waals surface area contributed by atoms with Crippen LogP contribution < -0.4 is 0 Å². The molecule has 0 radical (unpaired) electrons. The Kier molecular flexibility index (Phi) is 9.07. The second kappa shape index (κ2) is 9.07. The van der Waals surface area contributed by atoms with E-state index in [2.05, 4.69) is 41.5 Å². The van der Waals surface area contributed by atoms with Crippen molar-refractivity contribution in [1.82, 2.24) is 0 Å². The van der Waals surface area contributed by atoms with Gasteiger partial charge in [0.1, 0.15) is 0 Å². The van der Waals surface area contributed by atoms with Gasteiger partial charge in [-0.15, -0.1) is 0 Å². The average Bonchev–Trinajstić information content (AvgIpc) is 2.25. The van der Waals surface area contributed by atoms with Crippen molar-refractivity contribution >= 4 is 0 Å². The molecule has 0 rings (SSSR count). The van der Waals surface area contributed by atoms with Crippen LogP contribution in [0.4, 0.5) is 0 Å². The van der Waals surface area contributed by atoms with Gasteiger partial charge in [-0.25, -0.2) is 0 Å². The molecule has 0 heteroatoms. The van der Waals surface area contributed by atoms with Gasteiger partial charge in [-0.05, 0) is 23.7 Å². The Morgan fingerprint density at radius 2 is 1.25 bits per heavy atom. The average molecular weight is 226 g/mol. The van der Waals surface area contributed by atoms with Crippen LogP contribution in [-0.2, 0) is 0 Å². The van der Waals surface area contributed by atoms with Gasteiger partial charge in [-0.3, -0.25) is 0 Å². The fourth-order valence-electron chi connectivity index (χ4n) is 2.04. The summed E-state index contributed by atoms with van der Waals surface area (Å²) in [5.41, 5.74) is 0. The Morgan fingerprint density at radius 1 is 0.688 bits per heavy atom. The Hall–Kier alpha value is 0. The van der Waals surface area contributed by atoms with Crippen molar-refractivity contribution in [3.05, 3.63) is 0 Å². The zero-order valence-corrected chi connectivity index (χ0v) is 12.6. The predicted molar refractivity (Wildman–Crippen MR) is 75.7 cm³/mol. The van der Waals surface area contributed by atoms with Crippen molar-refractivity contribution in [3.8, 4) is 0 Å². The molecule has 0 amide bonds. The van der Waals surface area contributed by atoms with Gasteiger partial charge in [0.25, 0.3) is 0 Å². The van der Waals surface area contributed by atoms with Gasteiger partial charge in [0, 0.05) is 0 Å². The third kappa shape index (κ3) is 8.19. The Labute approximate surface area is 104 Å². The minimum atomic E-state index is 0.854. The molecule has 0 saturated carbocycles. The molecule has 0 saturated heterocycles. The van der Waals surface area contributed by atoms with Crippen LogP contribution in [0, 0.1) is 23.7 Å². The summed E-state index contributed by atoms with van der Waals surface area (Å²) in [6.07, 6.45) is 8.50. The van der Waals surface area contributed by atoms with Gasteiger partial charge in [-0.1, -0.05) is 80.1 Å². The van der Waals surface area contributed by atoms with Crippen molar-refractivity contribution in [2.45, 2.75) is 80.1 Å². The standard InChI is InChI=1S/C16H34/c1-7-14(4)9-8-10-15(5)11-12-16(6)13(2)3/h13-16H,7-12H2,1-6H3. The second-order valence-electron chi connectivity index (χ2n) is 6.35. The normalized spacial score (nSPS) is 17.4. The topological polar surface area (TPSA) is 0 Å². The molecule has 0 fully saturated rings. The Balaban J connectivity index is 3.48. The van der Waals surface area contributed by atoms with Crippen molar-refractivity contribution in [2.24, 2.45) is 23.7 Å². The maximum absolute atomic E-state index is 2.43. The maximum Gasteiger partial charge on any atom is -0.0420 e. The number of hydrogen-bond donors (Lipinski definition) is 0. The van der Waals surface area contributed by atoms with Gasteiger partial charge in [-0.2, -0.15) is 0 Å². The molecule has 0 aromatic heterocycles. The van der Waals surface area contributed by atoms with Crippen LogP contribution in [0.3, 0.4) is 0 Å². The third-order valence-electron chi connectivity index (χ3n) is 4.34. The summed E-state index contributed by atoms with van der Waals surface area (Å²) in [6, 6.07) is 0. The lowest BCUT2D eigenvalue weighted by molar-refractivity contribution is 0.334. The van der Waals surface area contributed by atoms with Crippen LogP contribution in [0.5, 0.6) is 0 Å². The van der Waals surface area contributed by atoms with Crippen LogP contribution in [0.2, 0.25) is 0 Å². The van der Waals surface area contributed by atoms with E-state index in [1.807, 2.05) is 0 Å². The first-order valence-electron chi connectivity index (χ1n) is 7.47. The number of rotatable bonds is 9. The molecule has 0 spiro atoms. The zero-order chi connectivity index (χ0) is 12.6. The van der Waals surface area contributed by atoms with Crippen molar-refractivity contribution in [1.29, 1.82) is 0 Å². The highest BCUT2D eigenvalue weighted by Gasteiger charge is 2.10. The summed E-state index contributed by atoms with van der Waals surface area (Å²) < 4.78 is 0. The molecule has 0 bridgehead atoms. The van der Waals surface area contributed by atoms with Gasteiger partial charge in [0.05, 0.1) is 0 Å². The van der Waals surface area contributed by atoms with Crippen LogP contribution in [0.25, 0.3) is 0 Å². The molecular formula is C16H34.